The lowest BCUT2D eigenvalue weighted by Gasteiger charge is -2.32. The van der Waals surface area contributed by atoms with Crippen LogP contribution in [0.2, 0.25) is 0 Å². The SMILES string of the molecule is CCOC(=O)c1cncc(-c2cnc(N3CCC(Oc4cc(F)ccc4Br)CC3)nn2)c1. The zero-order valence-electron chi connectivity index (χ0n) is 17.4. The average molecular weight is 502 g/mol. The van der Waals surface area contributed by atoms with Crippen molar-refractivity contribution in [3.05, 3.63) is 58.7 Å². The fourth-order valence-corrected chi connectivity index (χ4v) is 3.71. The van der Waals surface area contributed by atoms with Gasteiger partial charge < -0.3 is 14.4 Å². The van der Waals surface area contributed by atoms with Gasteiger partial charge in [-0.25, -0.2) is 14.2 Å². The van der Waals surface area contributed by atoms with E-state index in [1.54, 1.807) is 31.5 Å². The highest BCUT2D eigenvalue weighted by Gasteiger charge is 2.23. The molecule has 0 aliphatic carbocycles. The Morgan fingerprint density at radius 3 is 2.72 bits per heavy atom. The van der Waals surface area contributed by atoms with Gasteiger partial charge in [-0.3, -0.25) is 4.98 Å². The van der Waals surface area contributed by atoms with Crippen molar-refractivity contribution in [3.63, 3.8) is 0 Å². The number of nitrogens with zero attached hydrogens (tertiary/aromatic N) is 5. The summed E-state index contributed by atoms with van der Waals surface area (Å²) in [4.78, 5) is 22.5. The number of hydrogen-bond donors (Lipinski definition) is 0. The van der Waals surface area contributed by atoms with E-state index in [4.69, 9.17) is 9.47 Å². The van der Waals surface area contributed by atoms with Gasteiger partial charge >= 0.3 is 5.97 Å². The molecule has 1 aromatic carbocycles. The minimum Gasteiger partial charge on any atom is -0.489 e. The van der Waals surface area contributed by atoms with E-state index in [1.807, 2.05) is 4.90 Å². The quantitative estimate of drug-likeness (QED) is 0.467. The molecular formula is C22H21BrFN5O3. The van der Waals surface area contributed by atoms with Crippen LogP contribution in [0.1, 0.15) is 30.1 Å². The van der Waals surface area contributed by atoms with Gasteiger partial charge in [0, 0.05) is 50.0 Å². The molecule has 166 valence electrons. The van der Waals surface area contributed by atoms with Crippen molar-refractivity contribution in [2.24, 2.45) is 0 Å². The summed E-state index contributed by atoms with van der Waals surface area (Å²) in [6, 6.07) is 6.06. The molecule has 8 nitrogen and oxygen atoms in total. The second-order valence-electron chi connectivity index (χ2n) is 7.21. The average Bonchev–Trinajstić information content (AvgIpc) is 2.82. The highest BCUT2D eigenvalue weighted by Crippen LogP contribution is 2.29. The normalized spacial score (nSPS) is 14.3. The fraction of sp³-hybridized carbons (Fsp3) is 0.318. The van der Waals surface area contributed by atoms with Crippen LogP contribution in [0.5, 0.6) is 5.75 Å². The number of ether oxygens (including phenoxy) is 2. The molecule has 0 unspecified atom stereocenters. The molecule has 32 heavy (non-hydrogen) atoms. The number of esters is 1. The molecule has 0 spiro atoms. The second-order valence-corrected chi connectivity index (χ2v) is 8.06. The number of carbonyl (C=O) groups is 1. The summed E-state index contributed by atoms with van der Waals surface area (Å²) in [7, 11) is 0. The van der Waals surface area contributed by atoms with E-state index in [0.717, 1.165) is 17.3 Å². The zero-order valence-corrected chi connectivity index (χ0v) is 19.0. The Labute approximate surface area is 192 Å². The maximum atomic E-state index is 13.5. The number of hydrogen-bond acceptors (Lipinski definition) is 8. The van der Waals surface area contributed by atoms with Gasteiger partial charge in [-0.2, -0.15) is 0 Å². The van der Waals surface area contributed by atoms with Gasteiger partial charge in [0.05, 0.1) is 22.8 Å². The summed E-state index contributed by atoms with van der Waals surface area (Å²) >= 11 is 3.39. The predicted octanol–water partition coefficient (Wildman–Crippen LogP) is 4.06. The Morgan fingerprint density at radius 2 is 2.00 bits per heavy atom. The molecule has 0 N–H and O–H groups in total. The number of halogens is 2. The third-order valence-corrected chi connectivity index (χ3v) is 5.66. The third kappa shape index (κ3) is 5.18. The van der Waals surface area contributed by atoms with E-state index >= 15 is 0 Å². The summed E-state index contributed by atoms with van der Waals surface area (Å²) in [6.45, 7) is 3.43. The molecule has 1 aliphatic heterocycles. The third-order valence-electron chi connectivity index (χ3n) is 5.01. The minimum atomic E-state index is -0.435. The molecule has 2 aromatic heterocycles. The summed E-state index contributed by atoms with van der Waals surface area (Å²) in [5.74, 6) is 0.260. The van der Waals surface area contributed by atoms with Crippen LogP contribution in [0.4, 0.5) is 10.3 Å². The van der Waals surface area contributed by atoms with Crippen molar-refractivity contribution >= 4 is 27.8 Å². The summed E-state index contributed by atoms with van der Waals surface area (Å²) in [6.07, 6.45) is 6.14. The first-order valence-corrected chi connectivity index (χ1v) is 11.0. The van der Waals surface area contributed by atoms with Crippen LogP contribution in [-0.4, -0.2) is 51.9 Å². The summed E-state index contributed by atoms with van der Waals surface area (Å²) in [5, 5.41) is 8.50. The number of anilines is 1. The predicted molar refractivity (Wildman–Crippen MR) is 119 cm³/mol. The molecule has 0 amide bonds. The van der Waals surface area contributed by atoms with E-state index < -0.39 is 5.97 Å². The number of aromatic nitrogens is 4. The van der Waals surface area contributed by atoms with Crippen molar-refractivity contribution in [3.8, 4) is 17.0 Å². The molecule has 1 aliphatic rings. The van der Waals surface area contributed by atoms with E-state index in [9.17, 15) is 9.18 Å². The maximum absolute atomic E-state index is 13.5. The molecule has 3 aromatic rings. The highest BCUT2D eigenvalue weighted by molar-refractivity contribution is 9.10. The van der Waals surface area contributed by atoms with Crippen LogP contribution in [-0.2, 0) is 4.74 Å². The van der Waals surface area contributed by atoms with Crippen LogP contribution >= 0.6 is 15.9 Å². The van der Waals surface area contributed by atoms with Gasteiger partial charge in [0.25, 0.3) is 0 Å². The summed E-state index contributed by atoms with van der Waals surface area (Å²) < 4.78 is 25.2. The van der Waals surface area contributed by atoms with Gasteiger partial charge in [-0.05, 0) is 41.1 Å². The van der Waals surface area contributed by atoms with Crippen LogP contribution in [0.25, 0.3) is 11.3 Å². The molecule has 3 heterocycles. The van der Waals surface area contributed by atoms with Gasteiger partial charge in [-0.1, -0.05) is 0 Å². The highest BCUT2D eigenvalue weighted by atomic mass is 79.9. The standard InChI is InChI=1S/C22H21BrFN5O3/c1-2-31-21(30)15-9-14(11-25-12-15)19-13-26-22(28-27-19)29-7-5-17(6-8-29)32-20-10-16(24)3-4-18(20)23/h3-4,9-13,17H,2,5-8H2,1H3. The molecule has 0 bridgehead atoms. The Bertz CT molecular complexity index is 1090. The Morgan fingerprint density at radius 1 is 1.19 bits per heavy atom. The number of rotatable bonds is 6. The minimum absolute atomic E-state index is 0.0201. The van der Waals surface area contributed by atoms with Gasteiger partial charge in [0.2, 0.25) is 5.95 Å². The Kier molecular flexibility index (Phi) is 6.89. The number of piperidine rings is 1. The molecule has 10 heteroatoms. The van der Waals surface area contributed by atoms with Crippen molar-refractivity contribution < 1.29 is 18.7 Å². The number of benzene rings is 1. The first-order valence-electron chi connectivity index (χ1n) is 10.2. The van der Waals surface area contributed by atoms with Crippen LogP contribution in [0.3, 0.4) is 0 Å². The molecule has 0 atom stereocenters. The van der Waals surface area contributed by atoms with Crippen molar-refractivity contribution in [1.29, 1.82) is 0 Å². The monoisotopic (exact) mass is 501 g/mol. The molecule has 0 saturated carbocycles. The zero-order chi connectivity index (χ0) is 22.5. The maximum Gasteiger partial charge on any atom is 0.339 e. The van der Waals surface area contributed by atoms with E-state index in [-0.39, 0.29) is 11.9 Å². The first kappa shape index (κ1) is 22.1. The van der Waals surface area contributed by atoms with Crippen LogP contribution in [0, 0.1) is 5.82 Å². The van der Waals surface area contributed by atoms with E-state index in [2.05, 4.69) is 36.1 Å². The van der Waals surface area contributed by atoms with Crippen LogP contribution < -0.4 is 9.64 Å². The van der Waals surface area contributed by atoms with Crippen molar-refractivity contribution in [2.45, 2.75) is 25.9 Å². The lowest BCUT2D eigenvalue weighted by atomic mass is 10.1. The van der Waals surface area contributed by atoms with Crippen molar-refractivity contribution in [1.82, 2.24) is 20.2 Å². The second kappa shape index (κ2) is 9.99. The fourth-order valence-electron chi connectivity index (χ4n) is 3.37. The lowest BCUT2D eigenvalue weighted by Crippen LogP contribution is -2.39. The first-order chi connectivity index (χ1) is 15.5. The van der Waals surface area contributed by atoms with Crippen LogP contribution in [0.15, 0.2) is 47.3 Å². The topological polar surface area (TPSA) is 90.3 Å². The Hall–Kier alpha value is -3.14. The van der Waals surface area contributed by atoms with Gasteiger partial charge in [0.1, 0.15) is 23.4 Å². The molecule has 1 fully saturated rings. The number of pyridine rings is 1. The lowest BCUT2D eigenvalue weighted by molar-refractivity contribution is 0.0526. The van der Waals surface area contributed by atoms with E-state index in [0.29, 0.717) is 48.2 Å². The molecular weight excluding hydrogens is 481 g/mol. The van der Waals surface area contributed by atoms with Crippen molar-refractivity contribution in [2.75, 3.05) is 24.6 Å². The Balaban J connectivity index is 1.38. The van der Waals surface area contributed by atoms with E-state index in [1.165, 1.54) is 18.3 Å². The molecule has 4 rings (SSSR count). The smallest absolute Gasteiger partial charge is 0.339 e. The summed E-state index contributed by atoms with van der Waals surface area (Å²) in [5.41, 5.74) is 1.50. The van der Waals surface area contributed by atoms with Gasteiger partial charge in [-0.15, -0.1) is 10.2 Å². The number of carbonyl (C=O) groups excluding carboxylic acids is 1. The van der Waals surface area contributed by atoms with Gasteiger partial charge in [0.15, 0.2) is 0 Å². The molecule has 0 radical (unpaired) electrons. The largest absolute Gasteiger partial charge is 0.489 e. The molecule has 1 saturated heterocycles.